The highest BCUT2D eigenvalue weighted by Gasteiger charge is 2.20. The fraction of sp³-hybridized carbons (Fsp3) is 0.154. The number of pyridine rings is 1. The van der Waals surface area contributed by atoms with Crippen molar-refractivity contribution in [3.63, 3.8) is 0 Å². The minimum Gasteiger partial charge on any atom is -0.373 e. The van der Waals surface area contributed by atoms with Crippen LogP contribution < -0.4 is 10.2 Å². The molecular weight excluding hydrogens is 263 g/mol. The highest BCUT2D eigenvalue weighted by Crippen LogP contribution is 2.31. The molecule has 1 aromatic carbocycles. The first-order valence-electron chi connectivity index (χ1n) is 5.85. The Bertz CT molecular complexity index is 631. The molecule has 1 N–H and O–H groups in total. The highest BCUT2D eigenvalue weighted by molar-refractivity contribution is 5.69. The summed E-state index contributed by atoms with van der Waals surface area (Å²) in [6.45, 7) is 0. The average molecular weight is 276 g/mol. The van der Waals surface area contributed by atoms with Crippen molar-refractivity contribution < 1.29 is 9.31 Å². The second-order valence-corrected chi connectivity index (χ2v) is 4.08. The maximum absolute atomic E-state index is 12.9. The quantitative estimate of drug-likeness (QED) is 0.686. The van der Waals surface area contributed by atoms with Crippen LogP contribution in [0, 0.1) is 15.9 Å². The van der Waals surface area contributed by atoms with Crippen molar-refractivity contribution in [3.8, 4) is 0 Å². The van der Waals surface area contributed by atoms with Gasteiger partial charge in [0.1, 0.15) is 11.6 Å². The molecule has 0 amide bonds. The number of halogens is 1. The third kappa shape index (κ3) is 2.66. The summed E-state index contributed by atoms with van der Waals surface area (Å²) in [7, 11) is 3.32. The zero-order valence-electron chi connectivity index (χ0n) is 11.0. The SMILES string of the molecule is CNc1ccc([N+](=O)[O-])c(N(C)c2ccc(F)cc2)n1. The highest BCUT2D eigenvalue weighted by atomic mass is 19.1. The number of hydrogen-bond donors (Lipinski definition) is 1. The van der Waals surface area contributed by atoms with Crippen LogP contribution in [0.1, 0.15) is 0 Å². The van der Waals surface area contributed by atoms with Crippen LogP contribution in [-0.2, 0) is 0 Å². The normalized spacial score (nSPS) is 10.2. The van der Waals surface area contributed by atoms with E-state index in [9.17, 15) is 14.5 Å². The van der Waals surface area contributed by atoms with Gasteiger partial charge in [0.2, 0.25) is 5.82 Å². The Morgan fingerprint density at radius 3 is 2.45 bits per heavy atom. The molecule has 0 saturated carbocycles. The van der Waals surface area contributed by atoms with Crippen LogP contribution in [0.4, 0.5) is 27.4 Å². The lowest BCUT2D eigenvalue weighted by Gasteiger charge is -2.18. The lowest BCUT2D eigenvalue weighted by molar-refractivity contribution is -0.384. The van der Waals surface area contributed by atoms with Crippen molar-refractivity contribution in [1.29, 1.82) is 0 Å². The van der Waals surface area contributed by atoms with Crippen molar-refractivity contribution in [1.82, 2.24) is 4.98 Å². The maximum atomic E-state index is 12.9. The Labute approximate surface area is 115 Å². The van der Waals surface area contributed by atoms with Crippen molar-refractivity contribution in [2.75, 3.05) is 24.3 Å². The molecule has 0 unspecified atom stereocenters. The van der Waals surface area contributed by atoms with Crippen molar-refractivity contribution in [2.24, 2.45) is 0 Å². The summed E-state index contributed by atoms with van der Waals surface area (Å²) in [5.74, 6) is 0.335. The van der Waals surface area contributed by atoms with Crippen LogP contribution in [0.3, 0.4) is 0 Å². The van der Waals surface area contributed by atoms with Gasteiger partial charge in [-0.15, -0.1) is 0 Å². The van der Waals surface area contributed by atoms with E-state index < -0.39 is 4.92 Å². The van der Waals surface area contributed by atoms with E-state index in [2.05, 4.69) is 10.3 Å². The molecule has 0 bridgehead atoms. The van der Waals surface area contributed by atoms with Crippen molar-refractivity contribution >= 4 is 23.0 Å². The molecule has 2 aromatic rings. The molecule has 2 rings (SSSR count). The number of nitrogens with one attached hydrogen (secondary N) is 1. The summed E-state index contributed by atoms with van der Waals surface area (Å²) in [6, 6.07) is 8.56. The average Bonchev–Trinajstić information content (AvgIpc) is 2.46. The standard InChI is InChI=1S/C13H13FN4O2/c1-15-12-8-7-11(18(19)20)13(16-12)17(2)10-5-3-9(14)4-6-10/h3-8H,1-2H3,(H,15,16). The molecule has 0 spiro atoms. The monoisotopic (exact) mass is 276 g/mol. The number of benzene rings is 1. The van der Waals surface area contributed by atoms with Crippen LogP contribution in [0.25, 0.3) is 0 Å². The zero-order chi connectivity index (χ0) is 14.7. The van der Waals surface area contributed by atoms with Gasteiger partial charge in [0, 0.05) is 25.8 Å². The van der Waals surface area contributed by atoms with Crippen LogP contribution in [0.2, 0.25) is 0 Å². The van der Waals surface area contributed by atoms with E-state index in [1.807, 2.05) is 0 Å². The molecule has 7 heteroatoms. The van der Waals surface area contributed by atoms with E-state index >= 15 is 0 Å². The molecule has 0 aliphatic rings. The second kappa shape index (κ2) is 5.52. The molecule has 6 nitrogen and oxygen atoms in total. The molecule has 0 radical (unpaired) electrons. The Kier molecular flexibility index (Phi) is 3.79. The molecular formula is C13H13FN4O2. The first kappa shape index (κ1) is 13.7. The number of nitrogens with zero attached hydrogens (tertiary/aromatic N) is 3. The van der Waals surface area contributed by atoms with Crippen LogP contribution in [0.5, 0.6) is 0 Å². The molecule has 0 saturated heterocycles. The predicted molar refractivity (Wildman–Crippen MR) is 74.9 cm³/mol. The van der Waals surface area contributed by atoms with Gasteiger partial charge in [0.25, 0.3) is 0 Å². The lowest BCUT2D eigenvalue weighted by Crippen LogP contribution is -2.14. The smallest absolute Gasteiger partial charge is 0.312 e. The van der Waals surface area contributed by atoms with Crippen molar-refractivity contribution in [3.05, 3.63) is 52.3 Å². The third-order valence-corrected chi connectivity index (χ3v) is 2.84. The first-order valence-corrected chi connectivity index (χ1v) is 5.85. The molecule has 0 atom stereocenters. The summed E-state index contributed by atoms with van der Waals surface area (Å²) in [5, 5.41) is 13.9. The van der Waals surface area contributed by atoms with Gasteiger partial charge in [0.05, 0.1) is 4.92 Å². The topological polar surface area (TPSA) is 71.3 Å². The summed E-state index contributed by atoms with van der Waals surface area (Å²) < 4.78 is 12.9. The van der Waals surface area contributed by atoms with E-state index in [0.29, 0.717) is 11.5 Å². The predicted octanol–water partition coefficient (Wildman–Crippen LogP) is 2.94. The summed E-state index contributed by atoms with van der Waals surface area (Å²) in [6.07, 6.45) is 0. The summed E-state index contributed by atoms with van der Waals surface area (Å²) in [5.41, 5.74) is 0.492. The number of anilines is 3. The van der Waals surface area contributed by atoms with E-state index in [0.717, 1.165) is 0 Å². The molecule has 0 aliphatic heterocycles. The second-order valence-electron chi connectivity index (χ2n) is 4.08. The molecule has 1 aromatic heterocycles. The Hall–Kier alpha value is -2.70. The van der Waals surface area contributed by atoms with Crippen LogP contribution in [-0.4, -0.2) is 24.0 Å². The molecule has 0 fully saturated rings. The Balaban J connectivity index is 2.48. The van der Waals surface area contributed by atoms with Gasteiger partial charge >= 0.3 is 5.69 Å². The van der Waals surface area contributed by atoms with Gasteiger partial charge in [-0.1, -0.05) is 0 Å². The minimum atomic E-state index is -0.498. The first-order chi connectivity index (χ1) is 9.52. The Morgan fingerprint density at radius 2 is 1.90 bits per heavy atom. The maximum Gasteiger partial charge on any atom is 0.312 e. The van der Waals surface area contributed by atoms with E-state index in [-0.39, 0.29) is 17.3 Å². The molecule has 104 valence electrons. The number of hydrogen-bond acceptors (Lipinski definition) is 5. The largest absolute Gasteiger partial charge is 0.373 e. The fourth-order valence-corrected chi connectivity index (χ4v) is 1.76. The van der Waals surface area contributed by atoms with E-state index in [4.69, 9.17) is 0 Å². The van der Waals surface area contributed by atoms with Gasteiger partial charge in [-0.2, -0.15) is 0 Å². The van der Waals surface area contributed by atoms with Crippen LogP contribution >= 0.6 is 0 Å². The lowest BCUT2D eigenvalue weighted by atomic mass is 10.2. The van der Waals surface area contributed by atoms with Gasteiger partial charge in [-0.3, -0.25) is 10.1 Å². The third-order valence-electron chi connectivity index (χ3n) is 2.84. The summed E-state index contributed by atoms with van der Waals surface area (Å²) in [4.78, 5) is 16.3. The summed E-state index contributed by atoms with van der Waals surface area (Å²) >= 11 is 0. The van der Waals surface area contributed by atoms with Gasteiger partial charge < -0.3 is 10.2 Å². The van der Waals surface area contributed by atoms with E-state index in [1.165, 1.54) is 36.4 Å². The van der Waals surface area contributed by atoms with Gasteiger partial charge in [-0.05, 0) is 30.3 Å². The fourth-order valence-electron chi connectivity index (χ4n) is 1.76. The van der Waals surface area contributed by atoms with Gasteiger partial charge in [-0.25, -0.2) is 9.37 Å². The molecule has 20 heavy (non-hydrogen) atoms. The molecule has 1 heterocycles. The number of rotatable bonds is 4. The Morgan fingerprint density at radius 1 is 1.25 bits per heavy atom. The molecule has 0 aliphatic carbocycles. The van der Waals surface area contributed by atoms with Crippen molar-refractivity contribution in [2.45, 2.75) is 0 Å². The minimum absolute atomic E-state index is 0.115. The van der Waals surface area contributed by atoms with Gasteiger partial charge in [0.15, 0.2) is 0 Å². The number of aromatic nitrogens is 1. The number of nitro groups is 1. The van der Waals surface area contributed by atoms with Crippen LogP contribution in [0.15, 0.2) is 36.4 Å². The zero-order valence-corrected chi connectivity index (χ0v) is 11.0. The van der Waals surface area contributed by atoms with E-state index in [1.54, 1.807) is 19.0 Å².